The monoisotopic (exact) mass is 397 g/mol. The Hall–Kier alpha value is -3.17. The summed E-state index contributed by atoms with van der Waals surface area (Å²) >= 11 is 0. The fraction of sp³-hybridized carbons (Fsp3) is 0.222. The van der Waals surface area contributed by atoms with Crippen LogP contribution in [0.5, 0.6) is 0 Å². The summed E-state index contributed by atoms with van der Waals surface area (Å²) < 4.78 is 5.51. The maximum atomic E-state index is 12.2. The molecule has 0 bridgehead atoms. The molecule has 30 heavy (non-hydrogen) atoms. The van der Waals surface area contributed by atoms with Gasteiger partial charge in [-0.1, -0.05) is 74.5 Å². The Morgan fingerprint density at radius 3 is 2.03 bits per heavy atom. The van der Waals surface area contributed by atoms with E-state index in [2.05, 4.69) is 80.7 Å². The van der Waals surface area contributed by atoms with Crippen LogP contribution < -0.4 is 10.9 Å². The summed E-state index contributed by atoms with van der Waals surface area (Å²) in [6, 6.07) is 26.6. The maximum absolute atomic E-state index is 12.2. The molecule has 0 fully saturated rings. The van der Waals surface area contributed by atoms with E-state index in [1.165, 1.54) is 16.7 Å². The highest BCUT2D eigenvalue weighted by atomic mass is 16.4. The predicted molar refractivity (Wildman–Crippen MR) is 123 cm³/mol. The number of nitrogens with one attached hydrogen (secondary N) is 1. The lowest BCUT2D eigenvalue weighted by atomic mass is 9.94. The van der Waals surface area contributed by atoms with Crippen LogP contribution in [-0.2, 0) is 6.54 Å². The molecule has 1 aromatic heterocycles. The zero-order valence-electron chi connectivity index (χ0n) is 17.7. The first kappa shape index (κ1) is 20.1. The number of hydrogen-bond donors (Lipinski definition) is 1. The first-order valence-electron chi connectivity index (χ1n) is 10.4. The molecule has 0 saturated heterocycles. The van der Waals surface area contributed by atoms with E-state index in [0.29, 0.717) is 18.0 Å². The first-order valence-corrected chi connectivity index (χ1v) is 10.4. The summed E-state index contributed by atoms with van der Waals surface area (Å²) in [5, 5.41) is 4.67. The van der Waals surface area contributed by atoms with Gasteiger partial charge >= 0.3 is 5.63 Å². The molecule has 0 aliphatic carbocycles. The van der Waals surface area contributed by atoms with E-state index < -0.39 is 0 Å². The van der Waals surface area contributed by atoms with Gasteiger partial charge in [0.1, 0.15) is 5.58 Å². The SMILES string of the molecule is Cc1cc2oc(=O)cc(CNC(c3ccccc3)c3ccccc3)c2cc1C(C)C. The summed E-state index contributed by atoms with van der Waals surface area (Å²) in [4.78, 5) is 12.2. The Bertz CT molecular complexity index is 1150. The van der Waals surface area contributed by atoms with Crippen LogP contribution in [0.1, 0.15) is 53.6 Å². The number of aryl methyl sites for hydroxylation is 1. The molecule has 0 radical (unpaired) electrons. The lowest BCUT2D eigenvalue weighted by molar-refractivity contribution is 0.552. The smallest absolute Gasteiger partial charge is 0.336 e. The van der Waals surface area contributed by atoms with E-state index in [1.807, 2.05) is 18.2 Å². The van der Waals surface area contributed by atoms with Crippen LogP contribution in [0, 0.1) is 6.92 Å². The average molecular weight is 398 g/mol. The molecule has 0 saturated carbocycles. The predicted octanol–water partition coefficient (Wildman–Crippen LogP) is 6.10. The molecule has 1 heterocycles. The van der Waals surface area contributed by atoms with Gasteiger partial charge < -0.3 is 9.73 Å². The molecule has 4 aromatic rings. The minimum atomic E-state index is -0.313. The normalized spacial score (nSPS) is 11.5. The molecular weight excluding hydrogens is 370 g/mol. The Kier molecular flexibility index (Phi) is 5.82. The molecule has 0 aliphatic heterocycles. The second kappa shape index (κ2) is 8.68. The molecule has 0 atom stereocenters. The molecule has 0 amide bonds. The van der Waals surface area contributed by atoms with Crippen LogP contribution in [0.15, 0.2) is 88.1 Å². The van der Waals surface area contributed by atoms with Crippen molar-refractivity contribution in [3.63, 3.8) is 0 Å². The van der Waals surface area contributed by atoms with Gasteiger partial charge in [0, 0.05) is 18.0 Å². The molecule has 3 nitrogen and oxygen atoms in total. The first-order chi connectivity index (χ1) is 14.5. The Morgan fingerprint density at radius 2 is 1.47 bits per heavy atom. The zero-order valence-corrected chi connectivity index (χ0v) is 17.7. The summed E-state index contributed by atoms with van der Waals surface area (Å²) in [6.45, 7) is 7.01. The van der Waals surface area contributed by atoms with Gasteiger partial charge in [-0.25, -0.2) is 4.79 Å². The van der Waals surface area contributed by atoms with E-state index in [1.54, 1.807) is 6.07 Å². The average Bonchev–Trinajstić information content (AvgIpc) is 2.74. The zero-order chi connectivity index (χ0) is 21.1. The number of rotatable bonds is 6. The highest BCUT2D eigenvalue weighted by Crippen LogP contribution is 2.28. The maximum Gasteiger partial charge on any atom is 0.336 e. The van der Waals surface area contributed by atoms with Crippen molar-refractivity contribution in [3.05, 3.63) is 117 Å². The third-order valence-electron chi connectivity index (χ3n) is 5.60. The molecule has 0 unspecified atom stereocenters. The molecule has 3 aromatic carbocycles. The number of hydrogen-bond acceptors (Lipinski definition) is 3. The summed E-state index contributed by atoms with van der Waals surface area (Å²) in [5.41, 5.74) is 6.10. The molecular formula is C27H27NO2. The topological polar surface area (TPSA) is 42.2 Å². The van der Waals surface area contributed by atoms with Crippen LogP contribution in [-0.4, -0.2) is 0 Å². The molecule has 152 valence electrons. The lowest BCUT2D eigenvalue weighted by Gasteiger charge is -2.21. The number of fused-ring (bicyclic) bond motifs is 1. The van der Waals surface area contributed by atoms with Gasteiger partial charge in [-0.15, -0.1) is 0 Å². The molecule has 1 N–H and O–H groups in total. The van der Waals surface area contributed by atoms with Gasteiger partial charge in [0.25, 0.3) is 0 Å². The van der Waals surface area contributed by atoms with Crippen LogP contribution in [0.25, 0.3) is 11.0 Å². The van der Waals surface area contributed by atoms with Crippen molar-refractivity contribution in [2.45, 2.75) is 39.3 Å². The van der Waals surface area contributed by atoms with Crippen LogP contribution in [0.3, 0.4) is 0 Å². The van der Waals surface area contributed by atoms with Crippen molar-refractivity contribution in [2.24, 2.45) is 0 Å². The highest BCUT2D eigenvalue weighted by Gasteiger charge is 2.16. The third-order valence-corrected chi connectivity index (χ3v) is 5.60. The molecule has 3 heteroatoms. The van der Waals surface area contributed by atoms with Gasteiger partial charge in [0.05, 0.1) is 6.04 Å². The Labute approximate surface area is 177 Å². The van der Waals surface area contributed by atoms with Crippen molar-refractivity contribution in [1.29, 1.82) is 0 Å². The fourth-order valence-corrected chi connectivity index (χ4v) is 4.09. The number of benzene rings is 3. The van der Waals surface area contributed by atoms with Crippen molar-refractivity contribution in [3.8, 4) is 0 Å². The second-order valence-corrected chi connectivity index (χ2v) is 8.09. The standard InChI is InChI=1S/C27H27NO2/c1-18(2)23-16-24-22(15-26(29)30-25(24)14-19(23)3)17-28-27(20-10-6-4-7-11-20)21-12-8-5-9-13-21/h4-16,18,27-28H,17H2,1-3H3. The van der Waals surface area contributed by atoms with Crippen LogP contribution in [0.2, 0.25) is 0 Å². The van der Waals surface area contributed by atoms with Crippen molar-refractivity contribution >= 4 is 11.0 Å². The van der Waals surface area contributed by atoms with Gasteiger partial charge in [0.2, 0.25) is 0 Å². The van der Waals surface area contributed by atoms with Gasteiger partial charge in [-0.3, -0.25) is 0 Å². The molecule has 0 spiro atoms. The summed E-state index contributed by atoms with van der Waals surface area (Å²) in [6.07, 6.45) is 0. The van der Waals surface area contributed by atoms with E-state index >= 15 is 0 Å². The van der Waals surface area contributed by atoms with E-state index in [0.717, 1.165) is 16.5 Å². The molecule has 4 rings (SSSR count). The minimum absolute atomic E-state index is 0.0321. The van der Waals surface area contributed by atoms with E-state index in [4.69, 9.17) is 4.42 Å². The van der Waals surface area contributed by atoms with Crippen molar-refractivity contribution in [1.82, 2.24) is 5.32 Å². The van der Waals surface area contributed by atoms with Gasteiger partial charge in [-0.05, 0) is 52.8 Å². The van der Waals surface area contributed by atoms with Crippen LogP contribution >= 0.6 is 0 Å². The summed E-state index contributed by atoms with van der Waals surface area (Å²) in [5.74, 6) is 0.406. The quantitative estimate of drug-likeness (QED) is 0.400. The largest absolute Gasteiger partial charge is 0.423 e. The van der Waals surface area contributed by atoms with Crippen LogP contribution in [0.4, 0.5) is 0 Å². The minimum Gasteiger partial charge on any atom is -0.423 e. The highest BCUT2D eigenvalue weighted by molar-refractivity contribution is 5.82. The third kappa shape index (κ3) is 4.22. The molecule has 0 aliphatic rings. The second-order valence-electron chi connectivity index (χ2n) is 8.09. The van der Waals surface area contributed by atoms with Gasteiger partial charge in [-0.2, -0.15) is 0 Å². The van der Waals surface area contributed by atoms with Gasteiger partial charge in [0.15, 0.2) is 0 Å². The lowest BCUT2D eigenvalue weighted by Crippen LogP contribution is -2.22. The van der Waals surface area contributed by atoms with Crippen molar-refractivity contribution < 1.29 is 4.42 Å². The van der Waals surface area contributed by atoms with E-state index in [9.17, 15) is 4.79 Å². The van der Waals surface area contributed by atoms with Crippen molar-refractivity contribution in [2.75, 3.05) is 0 Å². The fourth-order valence-electron chi connectivity index (χ4n) is 4.09. The van der Waals surface area contributed by atoms with E-state index in [-0.39, 0.29) is 11.7 Å². The Morgan fingerprint density at radius 1 is 0.867 bits per heavy atom. The summed E-state index contributed by atoms with van der Waals surface area (Å²) in [7, 11) is 0. The Balaban J connectivity index is 1.73.